The van der Waals surface area contributed by atoms with Gasteiger partial charge in [-0.1, -0.05) is 29.3 Å². The van der Waals surface area contributed by atoms with E-state index in [2.05, 4.69) is 0 Å². The maximum absolute atomic E-state index is 11.5. The molecule has 100 valence electrons. The van der Waals surface area contributed by atoms with Crippen molar-refractivity contribution in [2.45, 2.75) is 12.5 Å². The topological polar surface area (TPSA) is 44.0 Å². The highest BCUT2D eigenvalue weighted by Crippen LogP contribution is 2.28. The summed E-state index contributed by atoms with van der Waals surface area (Å²) in [5.74, 6) is 0. The molecule has 1 aromatic carbocycles. The smallest absolute Gasteiger partial charge is 0.266 e. The Morgan fingerprint density at radius 2 is 2.00 bits per heavy atom. The summed E-state index contributed by atoms with van der Waals surface area (Å²) in [5.41, 5.74) is 0.698. The lowest BCUT2D eigenvalue weighted by atomic mass is 10.0. The second kappa shape index (κ2) is 5.63. The van der Waals surface area contributed by atoms with E-state index in [0.717, 1.165) is 11.8 Å². The largest absolute Gasteiger partial charge is 0.303 e. The summed E-state index contributed by atoms with van der Waals surface area (Å²) in [5, 5.41) is 0.879. The van der Waals surface area contributed by atoms with Crippen molar-refractivity contribution in [1.29, 1.82) is 0 Å². The van der Waals surface area contributed by atoms with Crippen LogP contribution in [0.1, 0.15) is 18.0 Å². The molecule has 6 heteroatoms. The maximum atomic E-state index is 11.5. The molecule has 19 heavy (non-hydrogen) atoms. The van der Waals surface area contributed by atoms with Crippen LogP contribution in [0.5, 0.6) is 0 Å². The van der Waals surface area contributed by atoms with Gasteiger partial charge in [-0.05, 0) is 17.7 Å². The third-order valence-corrected chi connectivity index (χ3v) is 3.74. The summed E-state index contributed by atoms with van der Waals surface area (Å²) in [6.07, 6.45) is 2.72. The monoisotopic (exact) mass is 298 g/mol. The third kappa shape index (κ3) is 2.74. The fourth-order valence-corrected chi connectivity index (χ4v) is 2.29. The Kier molecular flexibility index (Phi) is 4.12. The number of carbonyl (C=O) groups excluding carboxylic acids is 1. The highest BCUT2D eigenvalue weighted by Gasteiger charge is 2.16. The maximum Gasteiger partial charge on any atom is 0.266 e. The Morgan fingerprint density at radius 3 is 2.53 bits per heavy atom. The molecule has 0 saturated heterocycles. The van der Waals surface area contributed by atoms with Gasteiger partial charge in [-0.2, -0.15) is 0 Å². The van der Waals surface area contributed by atoms with Crippen molar-refractivity contribution < 1.29 is 4.79 Å². The summed E-state index contributed by atoms with van der Waals surface area (Å²) in [6.45, 7) is 0. The van der Waals surface area contributed by atoms with Crippen LogP contribution in [0.25, 0.3) is 0 Å². The van der Waals surface area contributed by atoms with E-state index < -0.39 is 0 Å². The van der Waals surface area contributed by atoms with Crippen molar-refractivity contribution in [2.75, 3.05) is 0 Å². The molecule has 0 N–H and O–H groups in total. The van der Waals surface area contributed by atoms with Gasteiger partial charge in [-0.15, -0.1) is 0 Å². The summed E-state index contributed by atoms with van der Waals surface area (Å²) in [4.78, 5) is 22.4. The molecule has 0 aliphatic rings. The lowest BCUT2D eigenvalue weighted by Crippen LogP contribution is -2.23. The van der Waals surface area contributed by atoms with Gasteiger partial charge in [0.15, 0.2) is 0 Å². The minimum absolute atomic E-state index is 0.129. The Balaban J connectivity index is 2.50. The van der Waals surface area contributed by atoms with Crippen LogP contribution in [-0.4, -0.2) is 15.6 Å². The zero-order valence-electron chi connectivity index (χ0n) is 10.2. The minimum Gasteiger partial charge on any atom is -0.303 e. The van der Waals surface area contributed by atoms with Gasteiger partial charge in [0.05, 0.1) is 16.1 Å². The minimum atomic E-state index is -0.278. The van der Waals surface area contributed by atoms with Crippen LogP contribution in [0.4, 0.5) is 0 Å². The van der Waals surface area contributed by atoms with Crippen LogP contribution >= 0.6 is 23.2 Å². The van der Waals surface area contributed by atoms with Crippen LogP contribution in [0, 0.1) is 0 Å². The van der Waals surface area contributed by atoms with Gasteiger partial charge in [0.25, 0.3) is 5.56 Å². The molecule has 1 unspecified atom stereocenters. The Labute approximate surface area is 120 Å². The van der Waals surface area contributed by atoms with E-state index in [9.17, 15) is 9.59 Å². The summed E-state index contributed by atoms with van der Waals surface area (Å²) in [6, 6.07) is 6.36. The van der Waals surface area contributed by atoms with E-state index in [0.29, 0.717) is 10.0 Å². The van der Waals surface area contributed by atoms with Gasteiger partial charge in [0, 0.05) is 25.7 Å². The van der Waals surface area contributed by atoms with Crippen LogP contribution in [0.3, 0.4) is 0 Å². The number of hydrogen-bond donors (Lipinski definition) is 0. The predicted octanol–water partition coefficient (Wildman–Crippen LogP) is 2.67. The summed E-state index contributed by atoms with van der Waals surface area (Å²) < 4.78 is 3.16. The molecule has 4 nitrogen and oxygen atoms in total. The summed E-state index contributed by atoms with van der Waals surface area (Å²) in [7, 11) is 1.65. The third-order valence-electron chi connectivity index (χ3n) is 3.00. The first-order chi connectivity index (χ1) is 9.04. The van der Waals surface area contributed by atoms with Gasteiger partial charge in [-0.25, -0.2) is 0 Å². The lowest BCUT2D eigenvalue weighted by molar-refractivity contribution is -0.108. The number of nitrogens with zero attached hydrogens (tertiary/aromatic N) is 2. The SMILES string of the molecule is Cn1c(=O)ccn1C(CC=O)c1ccc(Cl)c(Cl)c1. The van der Waals surface area contributed by atoms with Crippen molar-refractivity contribution in [2.24, 2.45) is 7.05 Å². The average Bonchev–Trinajstić information content (AvgIpc) is 2.71. The molecule has 2 rings (SSSR count). The van der Waals surface area contributed by atoms with Gasteiger partial charge in [-0.3, -0.25) is 14.2 Å². The zero-order chi connectivity index (χ0) is 14.0. The first-order valence-electron chi connectivity index (χ1n) is 5.67. The van der Waals surface area contributed by atoms with Gasteiger partial charge in [0.2, 0.25) is 0 Å². The number of rotatable bonds is 4. The molecule has 0 amide bonds. The van der Waals surface area contributed by atoms with Crippen molar-refractivity contribution >= 4 is 29.5 Å². The second-order valence-corrected chi connectivity index (χ2v) is 4.96. The lowest BCUT2D eigenvalue weighted by Gasteiger charge is -2.19. The van der Waals surface area contributed by atoms with E-state index in [-0.39, 0.29) is 18.0 Å². The van der Waals surface area contributed by atoms with Crippen LogP contribution < -0.4 is 5.56 Å². The Hall–Kier alpha value is -1.52. The number of halogens is 2. The van der Waals surface area contributed by atoms with Gasteiger partial charge >= 0.3 is 0 Å². The number of benzene rings is 1. The van der Waals surface area contributed by atoms with Crippen LogP contribution in [0.2, 0.25) is 10.0 Å². The van der Waals surface area contributed by atoms with E-state index in [4.69, 9.17) is 23.2 Å². The van der Waals surface area contributed by atoms with E-state index >= 15 is 0 Å². The van der Waals surface area contributed by atoms with E-state index in [1.165, 1.54) is 10.7 Å². The van der Waals surface area contributed by atoms with Gasteiger partial charge in [0.1, 0.15) is 6.29 Å². The Bertz CT molecular complexity index is 661. The molecule has 0 aliphatic carbocycles. The molecular weight excluding hydrogens is 287 g/mol. The first kappa shape index (κ1) is 13.9. The fraction of sp³-hybridized carbons (Fsp3) is 0.231. The van der Waals surface area contributed by atoms with E-state index in [1.807, 2.05) is 0 Å². The average molecular weight is 299 g/mol. The quantitative estimate of drug-likeness (QED) is 0.815. The number of aromatic nitrogens is 2. The zero-order valence-corrected chi connectivity index (χ0v) is 11.7. The normalized spacial score (nSPS) is 12.4. The fourth-order valence-electron chi connectivity index (χ4n) is 1.98. The van der Waals surface area contributed by atoms with Gasteiger partial charge < -0.3 is 4.79 Å². The number of aldehydes is 1. The first-order valence-corrected chi connectivity index (χ1v) is 6.43. The molecular formula is C13H12Cl2N2O2. The highest BCUT2D eigenvalue weighted by molar-refractivity contribution is 6.42. The molecule has 1 heterocycles. The molecule has 0 saturated carbocycles. The van der Waals surface area contributed by atoms with Crippen molar-refractivity contribution in [1.82, 2.24) is 9.36 Å². The molecule has 0 spiro atoms. The van der Waals surface area contributed by atoms with Crippen LogP contribution in [-0.2, 0) is 11.8 Å². The Morgan fingerprint density at radius 1 is 1.26 bits per heavy atom. The number of hydrogen-bond acceptors (Lipinski definition) is 2. The number of carbonyl (C=O) groups is 1. The molecule has 0 bridgehead atoms. The van der Waals surface area contributed by atoms with Crippen molar-refractivity contribution in [3.63, 3.8) is 0 Å². The molecule has 1 aromatic heterocycles. The molecule has 0 aliphatic heterocycles. The standard InChI is InChI=1S/C13H12Cl2N2O2/c1-16-13(19)4-6-17(16)12(5-7-18)9-2-3-10(14)11(15)8-9/h2-4,6-8,12H,5H2,1H3. The van der Waals surface area contributed by atoms with Crippen molar-refractivity contribution in [3.8, 4) is 0 Å². The van der Waals surface area contributed by atoms with Crippen LogP contribution in [0.15, 0.2) is 35.3 Å². The van der Waals surface area contributed by atoms with E-state index in [1.54, 1.807) is 36.1 Å². The highest BCUT2D eigenvalue weighted by atomic mass is 35.5. The second-order valence-electron chi connectivity index (χ2n) is 4.15. The molecule has 1 atom stereocenters. The molecule has 2 aromatic rings. The molecule has 0 fully saturated rings. The van der Waals surface area contributed by atoms with Crippen molar-refractivity contribution in [3.05, 3.63) is 56.4 Å². The predicted molar refractivity (Wildman–Crippen MR) is 75.0 cm³/mol. The summed E-state index contributed by atoms with van der Waals surface area (Å²) >= 11 is 11.9. The molecule has 0 radical (unpaired) electrons.